The molecule has 1 amide bonds. The van der Waals surface area contributed by atoms with E-state index >= 15 is 0 Å². The molecule has 6 heteroatoms. The third kappa shape index (κ3) is 5.37. The number of nitrogens with zero attached hydrogens (tertiary/aromatic N) is 1. The molecule has 3 N–H and O–H groups in total. The van der Waals surface area contributed by atoms with Crippen LogP contribution in [0.3, 0.4) is 0 Å². The number of benzene rings is 2. The normalized spacial score (nSPS) is 12.7. The Labute approximate surface area is 165 Å². The van der Waals surface area contributed by atoms with Crippen LogP contribution in [0.4, 0.5) is 10.2 Å². The van der Waals surface area contributed by atoms with Gasteiger partial charge in [0, 0.05) is 22.3 Å². The van der Waals surface area contributed by atoms with E-state index in [0.29, 0.717) is 16.9 Å². The first-order valence-corrected chi connectivity index (χ1v) is 9.35. The quantitative estimate of drug-likeness (QED) is 0.629. The van der Waals surface area contributed by atoms with E-state index in [1.165, 1.54) is 12.1 Å². The lowest BCUT2D eigenvalue weighted by atomic mass is 10.0. The highest BCUT2D eigenvalue weighted by Gasteiger charge is 2.25. The topological polar surface area (TPSA) is 68.0 Å². The number of pyridine rings is 1. The fraction of sp³-hybridized carbons (Fsp3) is 0.143. The van der Waals surface area contributed by atoms with Crippen LogP contribution in [0.15, 0.2) is 71.3 Å². The summed E-state index contributed by atoms with van der Waals surface area (Å²) in [5.74, 6) is -0.625. The van der Waals surface area contributed by atoms with E-state index in [2.05, 4.69) is 26.2 Å². The molecule has 4 nitrogen and oxygen atoms in total. The molecule has 0 atom stereocenters. The van der Waals surface area contributed by atoms with E-state index in [4.69, 9.17) is 5.73 Å². The van der Waals surface area contributed by atoms with E-state index in [-0.39, 0.29) is 17.5 Å². The van der Waals surface area contributed by atoms with Gasteiger partial charge in [0.05, 0.1) is 5.56 Å². The molecule has 0 unspecified atom stereocenters. The van der Waals surface area contributed by atoms with Crippen molar-refractivity contribution in [1.82, 2.24) is 10.3 Å². The minimum absolute atomic E-state index is 0.0483. The number of halogens is 2. The Morgan fingerprint density at radius 1 is 1.11 bits per heavy atom. The molecule has 1 saturated carbocycles. The molecule has 2 aromatic carbocycles. The van der Waals surface area contributed by atoms with Crippen molar-refractivity contribution in [2.75, 3.05) is 5.73 Å². The molecule has 0 bridgehead atoms. The van der Waals surface area contributed by atoms with Crippen molar-refractivity contribution in [2.24, 2.45) is 0 Å². The minimum Gasteiger partial charge on any atom is -0.383 e. The minimum atomic E-state index is -0.565. The second-order valence-electron chi connectivity index (χ2n) is 6.18. The average molecular weight is 428 g/mol. The Hall–Kier alpha value is -2.73. The Morgan fingerprint density at radius 3 is 2.30 bits per heavy atom. The predicted molar refractivity (Wildman–Crippen MR) is 109 cm³/mol. The fourth-order valence-corrected chi connectivity index (χ4v) is 2.75. The van der Waals surface area contributed by atoms with Crippen molar-refractivity contribution in [2.45, 2.75) is 18.9 Å². The summed E-state index contributed by atoms with van der Waals surface area (Å²) in [5, 5.41) is 2.77. The number of anilines is 1. The lowest BCUT2D eigenvalue weighted by Crippen LogP contribution is -2.26. The third-order valence-electron chi connectivity index (χ3n) is 3.99. The standard InChI is InChI=1S/C15H13BrFN3O.C6H6/c16-9-6-12(14(18)19-7-9)8-1-4-11(13(17)5-8)15(21)20-10-2-3-10;1-2-4-6-5-3-1/h1,4-7,10H,2-3H2,(H2,18,19)(H,20,21);1-6H. The largest absolute Gasteiger partial charge is 0.383 e. The van der Waals surface area contributed by atoms with Crippen LogP contribution in [0, 0.1) is 5.82 Å². The maximum absolute atomic E-state index is 14.2. The smallest absolute Gasteiger partial charge is 0.254 e. The summed E-state index contributed by atoms with van der Waals surface area (Å²) in [5.41, 5.74) is 7.07. The summed E-state index contributed by atoms with van der Waals surface area (Å²) >= 11 is 3.31. The van der Waals surface area contributed by atoms with Crippen molar-refractivity contribution < 1.29 is 9.18 Å². The molecule has 0 saturated heterocycles. The van der Waals surface area contributed by atoms with Gasteiger partial charge in [-0.25, -0.2) is 9.37 Å². The van der Waals surface area contributed by atoms with Gasteiger partial charge in [-0.1, -0.05) is 42.5 Å². The molecule has 0 aliphatic heterocycles. The van der Waals surface area contributed by atoms with Gasteiger partial charge in [0.2, 0.25) is 0 Å². The highest BCUT2D eigenvalue weighted by Crippen LogP contribution is 2.29. The van der Waals surface area contributed by atoms with Gasteiger partial charge in [-0.2, -0.15) is 0 Å². The summed E-state index contributed by atoms with van der Waals surface area (Å²) in [4.78, 5) is 15.9. The molecule has 1 heterocycles. The first kappa shape index (κ1) is 19.0. The lowest BCUT2D eigenvalue weighted by Gasteiger charge is -2.09. The van der Waals surface area contributed by atoms with E-state index in [9.17, 15) is 9.18 Å². The van der Waals surface area contributed by atoms with Gasteiger partial charge >= 0.3 is 0 Å². The molecule has 1 aliphatic rings. The number of aromatic nitrogens is 1. The number of hydrogen-bond acceptors (Lipinski definition) is 3. The van der Waals surface area contributed by atoms with Crippen LogP contribution in [0.25, 0.3) is 11.1 Å². The number of nitrogens with one attached hydrogen (secondary N) is 1. The Morgan fingerprint density at radius 2 is 1.74 bits per heavy atom. The van der Waals surface area contributed by atoms with Gasteiger partial charge < -0.3 is 11.1 Å². The fourth-order valence-electron chi connectivity index (χ4n) is 2.42. The van der Waals surface area contributed by atoms with Gasteiger partial charge in [-0.05, 0) is 52.5 Å². The Bertz CT molecular complexity index is 903. The molecule has 1 aromatic heterocycles. The van der Waals surface area contributed by atoms with Crippen LogP contribution >= 0.6 is 15.9 Å². The molecule has 27 heavy (non-hydrogen) atoms. The van der Waals surface area contributed by atoms with Gasteiger partial charge in [-0.3, -0.25) is 4.79 Å². The zero-order valence-electron chi connectivity index (χ0n) is 14.5. The van der Waals surface area contributed by atoms with Crippen LogP contribution < -0.4 is 11.1 Å². The molecule has 3 aromatic rings. The van der Waals surface area contributed by atoms with Crippen molar-refractivity contribution in [3.05, 3.63) is 82.7 Å². The van der Waals surface area contributed by atoms with Crippen molar-refractivity contribution in [3.63, 3.8) is 0 Å². The Kier molecular flexibility index (Phi) is 6.19. The zero-order valence-corrected chi connectivity index (χ0v) is 16.1. The summed E-state index contributed by atoms with van der Waals surface area (Å²) in [6, 6.07) is 18.4. The van der Waals surface area contributed by atoms with Crippen LogP contribution in [0.2, 0.25) is 0 Å². The molecule has 1 aliphatic carbocycles. The summed E-state index contributed by atoms with van der Waals surface area (Å²) in [7, 11) is 0. The van der Waals surface area contributed by atoms with E-state index in [1.54, 1.807) is 18.3 Å². The first-order chi connectivity index (χ1) is 13.0. The SMILES string of the molecule is Nc1ncc(Br)cc1-c1ccc(C(=O)NC2CC2)c(F)c1.c1ccccc1. The van der Waals surface area contributed by atoms with Crippen LogP contribution in [0.5, 0.6) is 0 Å². The summed E-state index contributed by atoms with van der Waals surface area (Å²) in [6.45, 7) is 0. The predicted octanol–water partition coefficient (Wildman–Crippen LogP) is 4.81. The van der Waals surface area contributed by atoms with Gasteiger partial charge in [0.15, 0.2) is 0 Å². The van der Waals surface area contributed by atoms with Crippen molar-refractivity contribution >= 4 is 27.7 Å². The van der Waals surface area contributed by atoms with Gasteiger partial charge in [0.1, 0.15) is 11.6 Å². The molecule has 0 radical (unpaired) electrons. The summed E-state index contributed by atoms with van der Waals surface area (Å²) < 4.78 is 14.9. The number of carbonyl (C=O) groups is 1. The summed E-state index contributed by atoms with van der Waals surface area (Å²) in [6.07, 6.45) is 3.50. The molecular weight excluding hydrogens is 409 g/mol. The molecule has 1 fully saturated rings. The number of amides is 1. The highest BCUT2D eigenvalue weighted by atomic mass is 79.9. The van der Waals surface area contributed by atoms with Crippen LogP contribution in [-0.2, 0) is 0 Å². The molecule has 0 spiro atoms. The van der Waals surface area contributed by atoms with Crippen molar-refractivity contribution in [3.8, 4) is 11.1 Å². The van der Waals surface area contributed by atoms with E-state index in [0.717, 1.165) is 17.3 Å². The van der Waals surface area contributed by atoms with Crippen molar-refractivity contribution in [1.29, 1.82) is 0 Å². The maximum atomic E-state index is 14.2. The van der Waals surface area contributed by atoms with E-state index in [1.807, 2.05) is 36.4 Å². The maximum Gasteiger partial charge on any atom is 0.254 e. The van der Waals surface area contributed by atoms with Crippen LogP contribution in [0.1, 0.15) is 23.2 Å². The first-order valence-electron chi connectivity index (χ1n) is 8.56. The molecular formula is C21H19BrFN3O. The highest BCUT2D eigenvalue weighted by molar-refractivity contribution is 9.10. The number of carbonyl (C=O) groups excluding carboxylic acids is 1. The van der Waals surface area contributed by atoms with E-state index < -0.39 is 5.82 Å². The number of rotatable bonds is 3. The second kappa shape index (κ2) is 8.77. The van der Waals surface area contributed by atoms with Gasteiger partial charge in [0.25, 0.3) is 5.91 Å². The molecule has 4 rings (SSSR count). The number of nitrogen functional groups attached to an aromatic ring is 1. The third-order valence-corrected chi connectivity index (χ3v) is 4.42. The Balaban J connectivity index is 0.000000299. The zero-order chi connectivity index (χ0) is 19.2. The van der Waals surface area contributed by atoms with Crippen LogP contribution in [-0.4, -0.2) is 16.9 Å². The number of hydrogen-bond donors (Lipinski definition) is 2. The lowest BCUT2D eigenvalue weighted by molar-refractivity contribution is 0.0947. The average Bonchev–Trinajstić information content (AvgIpc) is 3.49. The molecule has 138 valence electrons. The monoisotopic (exact) mass is 427 g/mol. The second-order valence-corrected chi connectivity index (χ2v) is 7.10. The number of nitrogens with two attached hydrogens (primary N) is 1. The van der Waals surface area contributed by atoms with Gasteiger partial charge in [-0.15, -0.1) is 0 Å².